The van der Waals surface area contributed by atoms with Gasteiger partial charge in [-0.2, -0.15) is 0 Å². The standard InChI is InChI=1S/C18H21BrN2O4/c1-11-15(16(19)12(2)25-11)17(22)20-9-6-13(7-10-20)21-8-4-5-14(21)18(23)24-3/h4-5,8,13H,6-7,9-10H2,1-3H3. The summed E-state index contributed by atoms with van der Waals surface area (Å²) in [5.74, 6) is 0.998. The molecule has 2 aromatic rings. The Hall–Kier alpha value is -2.02. The first-order valence-electron chi connectivity index (χ1n) is 8.24. The molecule has 0 spiro atoms. The summed E-state index contributed by atoms with van der Waals surface area (Å²) in [5.41, 5.74) is 1.16. The molecular weight excluding hydrogens is 388 g/mol. The van der Waals surface area contributed by atoms with Crippen LogP contribution in [0.1, 0.15) is 51.3 Å². The van der Waals surface area contributed by atoms with Crippen LogP contribution in [0, 0.1) is 13.8 Å². The fourth-order valence-corrected chi connectivity index (χ4v) is 3.93. The number of carbonyl (C=O) groups excluding carboxylic acids is 2. The molecule has 25 heavy (non-hydrogen) atoms. The van der Waals surface area contributed by atoms with Crippen LogP contribution in [0.15, 0.2) is 27.2 Å². The van der Waals surface area contributed by atoms with E-state index < -0.39 is 0 Å². The van der Waals surface area contributed by atoms with Gasteiger partial charge in [0.2, 0.25) is 0 Å². The lowest BCUT2D eigenvalue weighted by atomic mass is 10.0. The maximum absolute atomic E-state index is 12.8. The number of hydrogen-bond acceptors (Lipinski definition) is 4. The largest absolute Gasteiger partial charge is 0.465 e. The van der Waals surface area contributed by atoms with Crippen LogP contribution < -0.4 is 0 Å². The Bertz CT molecular complexity index is 800. The van der Waals surface area contributed by atoms with Gasteiger partial charge in [0.05, 0.1) is 17.1 Å². The summed E-state index contributed by atoms with van der Waals surface area (Å²) < 4.78 is 13.1. The lowest BCUT2D eigenvalue weighted by Gasteiger charge is -2.33. The van der Waals surface area contributed by atoms with Gasteiger partial charge in [0.1, 0.15) is 17.2 Å². The number of likely N-dealkylation sites (tertiary alicyclic amines) is 1. The molecule has 1 fully saturated rings. The molecular formula is C18H21BrN2O4. The van der Waals surface area contributed by atoms with E-state index >= 15 is 0 Å². The number of halogens is 1. The highest BCUT2D eigenvalue weighted by molar-refractivity contribution is 9.10. The number of rotatable bonds is 3. The number of furan rings is 1. The van der Waals surface area contributed by atoms with Crippen molar-refractivity contribution in [2.75, 3.05) is 20.2 Å². The molecule has 1 aliphatic heterocycles. The molecule has 134 valence electrons. The molecule has 1 aliphatic rings. The number of esters is 1. The molecule has 0 atom stereocenters. The van der Waals surface area contributed by atoms with Gasteiger partial charge in [-0.3, -0.25) is 4.79 Å². The predicted molar refractivity (Wildman–Crippen MR) is 95.8 cm³/mol. The van der Waals surface area contributed by atoms with Gasteiger partial charge < -0.3 is 18.6 Å². The number of piperidine rings is 1. The molecule has 1 saturated heterocycles. The van der Waals surface area contributed by atoms with Crippen molar-refractivity contribution < 1.29 is 18.7 Å². The summed E-state index contributed by atoms with van der Waals surface area (Å²) in [7, 11) is 1.38. The molecule has 2 aromatic heterocycles. The number of aryl methyl sites for hydroxylation is 2. The molecule has 3 rings (SSSR count). The minimum absolute atomic E-state index is 0.0135. The molecule has 6 nitrogen and oxygen atoms in total. The first-order valence-corrected chi connectivity index (χ1v) is 9.03. The fraction of sp³-hybridized carbons (Fsp3) is 0.444. The molecule has 3 heterocycles. The van der Waals surface area contributed by atoms with Crippen molar-refractivity contribution in [3.63, 3.8) is 0 Å². The summed E-state index contributed by atoms with van der Waals surface area (Å²) in [6.45, 7) is 4.91. The number of ether oxygens (including phenoxy) is 1. The Kier molecular flexibility index (Phi) is 5.03. The number of aromatic nitrogens is 1. The molecule has 0 bridgehead atoms. The van der Waals surface area contributed by atoms with E-state index in [0.29, 0.717) is 35.9 Å². The van der Waals surface area contributed by atoms with E-state index in [2.05, 4.69) is 15.9 Å². The SMILES string of the molecule is COC(=O)c1cccn1C1CCN(C(=O)c2c(C)oc(C)c2Br)CC1. The average Bonchev–Trinajstić information content (AvgIpc) is 3.19. The Balaban J connectivity index is 1.71. The van der Waals surface area contributed by atoms with Crippen LogP contribution >= 0.6 is 15.9 Å². The van der Waals surface area contributed by atoms with Gasteiger partial charge in [0.25, 0.3) is 5.91 Å². The molecule has 0 unspecified atom stereocenters. The zero-order valence-electron chi connectivity index (χ0n) is 14.5. The Morgan fingerprint density at radius 2 is 1.92 bits per heavy atom. The number of nitrogens with zero attached hydrogens (tertiary/aromatic N) is 2. The van der Waals surface area contributed by atoms with Crippen LogP contribution in [-0.4, -0.2) is 41.5 Å². The van der Waals surface area contributed by atoms with Crippen LogP contribution in [-0.2, 0) is 4.74 Å². The second kappa shape index (κ2) is 7.07. The van der Waals surface area contributed by atoms with Gasteiger partial charge in [-0.1, -0.05) is 0 Å². The van der Waals surface area contributed by atoms with E-state index in [9.17, 15) is 9.59 Å². The van der Waals surface area contributed by atoms with E-state index in [4.69, 9.17) is 9.15 Å². The van der Waals surface area contributed by atoms with Crippen LogP contribution in [0.4, 0.5) is 0 Å². The summed E-state index contributed by atoms with van der Waals surface area (Å²) in [6.07, 6.45) is 3.48. The van der Waals surface area contributed by atoms with Crippen molar-refractivity contribution in [3.8, 4) is 0 Å². The quantitative estimate of drug-likeness (QED) is 0.725. The van der Waals surface area contributed by atoms with Crippen LogP contribution in [0.2, 0.25) is 0 Å². The molecule has 7 heteroatoms. The first-order chi connectivity index (χ1) is 11.9. The zero-order valence-corrected chi connectivity index (χ0v) is 16.1. The second-order valence-electron chi connectivity index (χ2n) is 6.22. The predicted octanol–water partition coefficient (Wildman–Crippen LogP) is 3.72. The van der Waals surface area contributed by atoms with E-state index in [1.165, 1.54) is 7.11 Å². The normalized spacial score (nSPS) is 15.4. The highest BCUT2D eigenvalue weighted by Gasteiger charge is 2.29. The van der Waals surface area contributed by atoms with E-state index in [-0.39, 0.29) is 17.9 Å². The number of carbonyl (C=O) groups is 2. The number of hydrogen-bond donors (Lipinski definition) is 0. The highest BCUT2D eigenvalue weighted by atomic mass is 79.9. The third kappa shape index (κ3) is 3.25. The van der Waals surface area contributed by atoms with E-state index in [1.54, 1.807) is 13.0 Å². The van der Waals surface area contributed by atoms with Gasteiger partial charge in [-0.15, -0.1) is 0 Å². The molecule has 1 amide bonds. The van der Waals surface area contributed by atoms with Gasteiger partial charge in [0, 0.05) is 25.3 Å². The Morgan fingerprint density at radius 3 is 2.48 bits per heavy atom. The van der Waals surface area contributed by atoms with E-state index in [1.807, 2.05) is 28.7 Å². The molecule has 0 aliphatic carbocycles. The summed E-state index contributed by atoms with van der Waals surface area (Å²) in [4.78, 5) is 26.5. The summed E-state index contributed by atoms with van der Waals surface area (Å²) in [5, 5.41) is 0. The second-order valence-corrected chi connectivity index (χ2v) is 7.01. The Morgan fingerprint density at radius 1 is 1.24 bits per heavy atom. The van der Waals surface area contributed by atoms with Gasteiger partial charge in [0.15, 0.2) is 0 Å². The average molecular weight is 409 g/mol. The van der Waals surface area contributed by atoms with Gasteiger partial charge in [-0.05, 0) is 54.8 Å². The van der Waals surface area contributed by atoms with Crippen molar-refractivity contribution in [2.45, 2.75) is 32.7 Å². The topological polar surface area (TPSA) is 64.7 Å². The highest BCUT2D eigenvalue weighted by Crippen LogP contribution is 2.31. The first kappa shape index (κ1) is 17.8. The minimum Gasteiger partial charge on any atom is -0.465 e. The smallest absolute Gasteiger partial charge is 0.354 e. The van der Waals surface area contributed by atoms with Gasteiger partial charge in [-0.25, -0.2) is 4.79 Å². The number of amides is 1. The van der Waals surface area contributed by atoms with Crippen LogP contribution in [0.3, 0.4) is 0 Å². The molecule has 0 saturated carbocycles. The van der Waals surface area contributed by atoms with E-state index in [0.717, 1.165) is 17.3 Å². The lowest BCUT2D eigenvalue weighted by Crippen LogP contribution is -2.39. The minimum atomic E-state index is -0.336. The van der Waals surface area contributed by atoms with Gasteiger partial charge >= 0.3 is 5.97 Å². The summed E-state index contributed by atoms with van der Waals surface area (Å²) in [6, 6.07) is 3.79. The van der Waals surface area contributed by atoms with Crippen molar-refractivity contribution in [3.05, 3.63) is 45.6 Å². The third-order valence-electron chi connectivity index (χ3n) is 4.72. The molecule has 0 radical (unpaired) electrons. The maximum atomic E-state index is 12.8. The van der Waals surface area contributed by atoms with Crippen molar-refractivity contribution in [2.24, 2.45) is 0 Å². The van der Waals surface area contributed by atoms with Crippen molar-refractivity contribution in [1.82, 2.24) is 9.47 Å². The molecule has 0 aromatic carbocycles. The molecule has 0 N–H and O–H groups in total. The lowest BCUT2D eigenvalue weighted by molar-refractivity contribution is 0.0573. The Labute approximate surface area is 154 Å². The maximum Gasteiger partial charge on any atom is 0.354 e. The van der Waals surface area contributed by atoms with Crippen molar-refractivity contribution >= 4 is 27.8 Å². The fourth-order valence-electron chi connectivity index (χ4n) is 3.40. The summed E-state index contributed by atoms with van der Waals surface area (Å²) >= 11 is 3.45. The zero-order chi connectivity index (χ0) is 18.1. The van der Waals surface area contributed by atoms with Crippen molar-refractivity contribution in [1.29, 1.82) is 0 Å². The van der Waals surface area contributed by atoms with Crippen LogP contribution in [0.25, 0.3) is 0 Å². The number of methoxy groups -OCH3 is 1. The van der Waals surface area contributed by atoms with Crippen LogP contribution in [0.5, 0.6) is 0 Å². The monoisotopic (exact) mass is 408 g/mol. The third-order valence-corrected chi connectivity index (χ3v) is 5.67.